The number of phenolic OH excluding ortho intramolecular Hbond substituents is 1. The van der Waals surface area contributed by atoms with Crippen LogP contribution in [0.2, 0.25) is 5.02 Å². The molecule has 1 aliphatic rings. The molecule has 3 N–H and O–H groups in total. The number of sulfonamides is 1. The first-order valence-corrected chi connectivity index (χ1v) is 12.0. The zero-order valence-corrected chi connectivity index (χ0v) is 19.1. The Labute approximate surface area is 194 Å². The zero-order chi connectivity index (χ0) is 23.8. The van der Waals surface area contributed by atoms with Gasteiger partial charge >= 0.3 is 0 Å². The second kappa shape index (κ2) is 9.10. The van der Waals surface area contributed by atoms with Gasteiger partial charge < -0.3 is 15.7 Å². The van der Waals surface area contributed by atoms with Crippen molar-refractivity contribution >= 4 is 38.7 Å². The molecule has 2 heterocycles. The van der Waals surface area contributed by atoms with Crippen LogP contribution in [0.1, 0.15) is 31.5 Å². The molecule has 0 radical (unpaired) electrons. The lowest BCUT2D eigenvalue weighted by atomic mass is 10.1. The summed E-state index contributed by atoms with van der Waals surface area (Å²) in [4.78, 5) is 33.4. The van der Waals surface area contributed by atoms with Crippen molar-refractivity contribution in [3.8, 4) is 5.75 Å². The zero-order valence-electron chi connectivity index (χ0n) is 17.5. The lowest BCUT2D eigenvalue weighted by Crippen LogP contribution is -2.37. The van der Waals surface area contributed by atoms with Crippen LogP contribution in [-0.4, -0.2) is 36.1 Å². The molecule has 10 nitrogen and oxygen atoms in total. The highest BCUT2D eigenvalue weighted by atomic mass is 35.5. The Hall–Kier alpha value is -2.99. The summed E-state index contributed by atoms with van der Waals surface area (Å²) in [6.45, 7) is 2.24. The summed E-state index contributed by atoms with van der Waals surface area (Å²) < 4.78 is 26.6. The Morgan fingerprint density at radius 1 is 1.21 bits per heavy atom. The number of pyridine rings is 1. The molecule has 4 rings (SSSR count). The van der Waals surface area contributed by atoms with Crippen LogP contribution in [0, 0.1) is 0 Å². The van der Waals surface area contributed by atoms with Crippen LogP contribution in [0.3, 0.4) is 0 Å². The Morgan fingerprint density at radius 3 is 2.61 bits per heavy atom. The largest absolute Gasteiger partial charge is 0.504 e. The monoisotopic (exact) mass is 492 g/mol. The van der Waals surface area contributed by atoms with Crippen molar-refractivity contribution in [2.75, 3.05) is 23.8 Å². The standard InChI is InChI=1S/C21H21ClN4O6S/c1-2-13(14-6-3-4-9-23-14)24-16-17(20(29)19(16)28)25-15-8-7-12(22)21(18(15)27)33(30,31)26-10-5-11-32-26/h3-4,6-9,13,24-25,27H,2,5,10-11H2,1H3. The molecule has 1 aromatic heterocycles. The van der Waals surface area contributed by atoms with E-state index in [9.17, 15) is 23.1 Å². The minimum atomic E-state index is -4.25. The minimum absolute atomic E-state index is 0.0270. The molecule has 0 spiro atoms. The predicted octanol–water partition coefficient (Wildman–Crippen LogP) is 2.67. The molecular weight excluding hydrogens is 472 g/mol. The van der Waals surface area contributed by atoms with Crippen LogP contribution in [0.4, 0.5) is 17.1 Å². The Balaban J connectivity index is 1.67. The van der Waals surface area contributed by atoms with Crippen molar-refractivity contribution in [1.29, 1.82) is 0 Å². The molecule has 0 saturated carbocycles. The number of aromatic nitrogens is 1. The fraction of sp³-hybridized carbons (Fsp3) is 0.286. The fourth-order valence-electron chi connectivity index (χ4n) is 3.53. The minimum Gasteiger partial charge on any atom is -0.504 e. The van der Waals surface area contributed by atoms with Crippen LogP contribution in [-0.2, 0) is 14.9 Å². The van der Waals surface area contributed by atoms with Gasteiger partial charge in [0, 0.05) is 12.7 Å². The van der Waals surface area contributed by atoms with Gasteiger partial charge in [0.25, 0.3) is 20.9 Å². The van der Waals surface area contributed by atoms with Gasteiger partial charge in [0.1, 0.15) is 16.3 Å². The topological polar surface area (TPSA) is 138 Å². The van der Waals surface area contributed by atoms with E-state index >= 15 is 0 Å². The van der Waals surface area contributed by atoms with Crippen LogP contribution >= 0.6 is 11.6 Å². The molecule has 1 aliphatic heterocycles. The van der Waals surface area contributed by atoms with E-state index in [1.54, 1.807) is 18.3 Å². The predicted molar refractivity (Wildman–Crippen MR) is 123 cm³/mol. The summed E-state index contributed by atoms with van der Waals surface area (Å²) >= 11 is 6.08. The van der Waals surface area contributed by atoms with Crippen molar-refractivity contribution in [1.82, 2.24) is 9.45 Å². The van der Waals surface area contributed by atoms with E-state index < -0.39 is 31.5 Å². The van der Waals surface area contributed by atoms with Gasteiger partial charge in [-0.25, -0.2) is 8.42 Å². The van der Waals surface area contributed by atoms with E-state index in [1.807, 2.05) is 13.0 Å². The second-order valence-corrected chi connectivity index (χ2v) is 9.56. The Bertz CT molecular complexity index is 1350. The quantitative estimate of drug-likeness (QED) is 0.320. The molecule has 3 aromatic rings. The second-order valence-electron chi connectivity index (χ2n) is 7.38. The maximum absolute atomic E-state index is 12.9. The van der Waals surface area contributed by atoms with Crippen molar-refractivity contribution in [3.63, 3.8) is 0 Å². The maximum Gasteiger partial charge on any atom is 0.270 e. The third-order valence-electron chi connectivity index (χ3n) is 5.27. The number of hydrogen-bond acceptors (Lipinski definition) is 9. The molecule has 1 atom stereocenters. The normalized spacial score (nSPS) is 15.6. The summed E-state index contributed by atoms with van der Waals surface area (Å²) in [5, 5.41) is 16.2. The first-order chi connectivity index (χ1) is 15.8. The van der Waals surface area contributed by atoms with Crippen LogP contribution in [0.25, 0.3) is 0 Å². The van der Waals surface area contributed by atoms with E-state index in [2.05, 4.69) is 15.6 Å². The van der Waals surface area contributed by atoms with Crippen molar-refractivity contribution in [3.05, 3.63) is 67.7 Å². The first-order valence-electron chi connectivity index (χ1n) is 10.2. The summed E-state index contributed by atoms with van der Waals surface area (Å²) in [6, 6.07) is 7.63. The third-order valence-corrected chi connectivity index (χ3v) is 7.45. The van der Waals surface area contributed by atoms with E-state index in [4.69, 9.17) is 16.4 Å². The van der Waals surface area contributed by atoms with Gasteiger partial charge in [-0.15, -0.1) is 0 Å². The number of benzene rings is 1. The smallest absolute Gasteiger partial charge is 0.270 e. The number of nitrogens with zero attached hydrogens (tertiary/aromatic N) is 2. The van der Waals surface area contributed by atoms with Gasteiger partial charge in [-0.2, -0.15) is 0 Å². The molecule has 12 heteroatoms. The highest BCUT2D eigenvalue weighted by molar-refractivity contribution is 7.89. The number of rotatable bonds is 8. The third kappa shape index (κ3) is 4.20. The van der Waals surface area contributed by atoms with Crippen molar-refractivity contribution < 1.29 is 18.4 Å². The van der Waals surface area contributed by atoms with Gasteiger partial charge in [0.15, 0.2) is 5.75 Å². The number of halogens is 1. The summed E-state index contributed by atoms with van der Waals surface area (Å²) in [6.07, 6.45) is 2.71. The molecule has 0 bridgehead atoms. The average Bonchev–Trinajstić information content (AvgIpc) is 3.36. The summed E-state index contributed by atoms with van der Waals surface area (Å²) in [5.74, 6) is -0.686. The molecule has 0 amide bonds. The van der Waals surface area contributed by atoms with Crippen molar-refractivity contribution in [2.45, 2.75) is 30.7 Å². The number of nitrogens with one attached hydrogen (secondary N) is 2. The Kier molecular flexibility index (Phi) is 6.39. The number of phenols is 1. The maximum atomic E-state index is 12.9. The van der Waals surface area contributed by atoms with E-state index in [0.29, 0.717) is 18.5 Å². The number of hydroxylamine groups is 1. The number of anilines is 3. The SMILES string of the molecule is CCC(Nc1c(Nc2ccc(Cl)c(S(=O)(=O)N3CCCO3)c2O)c(=O)c1=O)c1ccccn1. The lowest BCUT2D eigenvalue weighted by Gasteiger charge is -2.22. The lowest BCUT2D eigenvalue weighted by molar-refractivity contribution is -0.0285. The van der Waals surface area contributed by atoms with Crippen LogP contribution < -0.4 is 21.5 Å². The number of aromatic hydroxyl groups is 1. The molecule has 33 heavy (non-hydrogen) atoms. The van der Waals surface area contributed by atoms with Gasteiger partial charge in [-0.3, -0.25) is 19.4 Å². The summed E-state index contributed by atoms with van der Waals surface area (Å²) in [5.41, 5.74) is -0.994. The molecule has 1 fully saturated rings. The number of hydrogen-bond donors (Lipinski definition) is 3. The molecule has 2 aromatic carbocycles. The van der Waals surface area contributed by atoms with Crippen molar-refractivity contribution in [2.24, 2.45) is 0 Å². The molecular formula is C21H21ClN4O6S. The molecule has 174 valence electrons. The summed E-state index contributed by atoms with van der Waals surface area (Å²) in [7, 11) is -4.25. The van der Waals surface area contributed by atoms with Crippen LogP contribution in [0.5, 0.6) is 5.75 Å². The van der Waals surface area contributed by atoms with E-state index in [-0.39, 0.29) is 41.3 Å². The van der Waals surface area contributed by atoms with E-state index in [1.165, 1.54) is 12.1 Å². The molecule has 1 saturated heterocycles. The van der Waals surface area contributed by atoms with Gasteiger partial charge in [-0.1, -0.05) is 29.1 Å². The molecule has 1 unspecified atom stereocenters. The first kappa shape index (κ1) is 23.2. The highest BCUT2D eigenvalue weighted by Gasteiger charge is 2.35. The van der Waals surface area contributed by atoms with Gasteiger partial charge in [0.2, 0.25) is 0 Å². The Morgan fingerprint density at radius 2 is 1.97 bits per heavy atom. The fourth-order valence-corrected chi connectivity index (χ4v) is 5.43. The van der Waals surface area contributed by atoms with E-state index in [0.717, 1.165) is 4.47 Å². The van der Waals surface area contributed by atoms with Gasteiger partial charge in [-0.05, 0) is 37.1 Å². The van der Waals surface area contributed by atoms with Crippen LogP contribution in [0.15, 0.2) is 51.0 Å². The average molecular weight is 493 g/mol. The molecule has 0 aliphatic carbocycles. The highest BCUT2D eigenvalue weighted by Crippen LogP contribution is 2.40. The van der Waals surface area contributed by atoms with Gasteiger partial charge in [0.05, 0.1) is 29.1 Å².